The van der Waals surface area contributed by atoms with Gasteiger partial charge in [0.1, 0.15) is 5.75 Å². The van der Waals surface area contributed by atoms with Crippen molar-refractivity contribution in [1.29, 1.82) is 0 Å². The zero-order chi connectivity index (χ0) is 16.2. The maximum Gasteiger partial charge on any atom is 0.260 e. The molecular formula is C18H28N2O2. The van der Waals surface area contributed by atoms with Crippen LogP contribution in [0, 0.1) is 5.92 Å². The Hall–Kier alpha value is -1.55. The monoisotopic (exact) mass is 304 g/mol. The molecule has 2 N–H and O–H groups in total. The van der Waals surface area contributed by atoms with Crippen LogP contribution in [0.3, 0.4) is 0 Å². The van der Waals surface area contributed by atoms with Gasteiger partial charge >= 0.3 is 0 Å². The minimum absolute atomic E-state index is 0.000880. The number of ether oxygens (including phenoxy) is 1. The van der Waals surface area contributed by atoms with Crippen LogP contribution in [-0.2, 0) is 10.2 Å². The van der Waals surface area contributed by atoms with Crippen LogP contribution in [0.25, 0.3) is 0 Å². The molecule has 0 unspecified atom stereocenters. The summed E-state index contributed by atoms with van der Waals surface area (Å²) in [5.41, 5.74) is 6.82. The van der Waals surface area contributed by atoms with Crippen molar-refractivity contribution >= 4 is 5.91 Å². The number of rotatable bonds is 4. The van der Waals surface area contributed by atoms with Crippen LogP contribution < -0.4 is 10.5 Å². The summed E-state index contributed by atoms with van der Waals surface area (Å²) in [5.74, 6) is 1.44. The van der Waals surface area contributed by atoms with E-state index in [0.29, 0.717) is 5.92 Å². The highest BCUT2D eigenvalue weighted by Gasteiger charge is 2.23. The fourth-order valence-electron chi connectivity index (χ4n) is 2.86. The fourth-order valence-corrected chi connectivity index (χ4v) is 2.86. The Morgan fingerprint density at radius 3 is 2.50 bits per heavy atom. The second kappa shape index (κ2) is 7.14. The van der Waals surface area contributed by atoms with E-state index in [0.717, 1.165) is 43.8 Å². The number of hydrogen-bond donors (Lipinski definition) is 1. The van der Waals surface area contributed by atoms with Gasteiger partial charge in [-0.2, -0.15) is 0 Å². The SMILES string of the molecule is CC(C)(C)c1ccccc1OCC(=O)N1CCC(CN)CC1. The summed E-state index contributed by atoms with van der Waals surface area (Å²) in [6, 6.07) is 7.95. The Balaban J connectivity index is 1.92. The minimum atomic E-state index is -0.000880. The van der Waals surface area contributed by atoms with Gasteiger partial charge < -0.3 is 15.4 Å². The summed E-state index contributed by atoms with van der Waals surface area (Å²) in [6.45, 7) is 8.87. The molecule has 1 aliphatic heterocycles. The molecule has 4 heteroatoms. The molecule has 1 saturated heterocycles. The average Bonchev–Trinajstić information content (AvgIpc) is 2.52. The molecule has 0 atom stereocenters. The zero-order valence-corrected chi connectivity index (χ0v) is 14.0. The van der Waals surface area contributed by atoms with E-state index < -0.39 is 0 Å². The first kappa shape index (κ1) is 16.8. The van der Waals surface area contributed by atoms with Crippen LogP contribution in [0.1, 0.15) is 39.2 Å². The highest BCUT2D eigenvalue weighted by Crippen LogP contribution is 2.31. The molecule has 0 radical (unpaired) electrons. The van der Waals surface area contributed by atoms with Crippen molar-refractivity contribution in [2.45, 2.75) is 39.0 Å². The molecule has 1 amide bonds. The number of amides is 1. The van der Waals surface area contributed by atoms with Crippen molar-refractivity contribution in [3.05, 3.63) is 29.8 Å². The molecule has 22 heavy (non-hydrogen) atoms. The summed E-state index contributed by atoms with van der Waals surface area (Å²) < 4.78 is 5.82. The quantitative estimate of drug-likeness (QED) is 0.930. The summed E-state index contributed by atoms with van der Waals surface area (Å²) in [6.07, 6.45) is 2.00. The molecule has 0 spiro atoms. The molecule has 1 aromatic carbocycles. The van der Waals surface area contributed by atoms with Gasteiger partial charge in [-0.15, -0.1) is 0 Å². The van der Waals surface area contributed by atoms with E-state index in [2.05, 4.69) is 26.8 Å². The standard InChI is InChI=1S/C18H28N2O2/c1-18(2,3)15-6-4-5-7-16(15)22-13-17(21)20-10-8-14(12-19)9-11-20/h4-7,14H,8-13,19H2,1-3H3. The van der Waals surface area contributed by atoms with Crippen molar-refractivity contribution in [2.75, 3.05) is 26.2 Å². The van der Waals surface area contributed by atoms with Gasteiger partial charge in [0.15, 0.2) is 6.61 Å². The van der Waals surface area contributed by atoms with E-state index >= 15 is 0 Å². The number of para-hydroxylation sites is 1. The molecule has 1 fully saturated rings. The van der Waals surface area contributed by atoms with Crippen LogP contribution in [0.15, 0.2) is 24.3 Å². The Morgan fingerprint density at radius 1 is 1.27 bits per heavy atom. The lowest BCUT2D eigenvalue weighted by molar-refractivity contribution is -0.134. The molecular weight excluding hydrogens is 276 g/mol. The summed E-state index contributed by atoms with van der Waals surface area (Å²) in [4.78, 5) is 14.2. The number of carbonyl (C=O) groups is 1. The van der Waals surface area contributed by atoms with E-state index in [1.54, 1.807) is 0 Å². The number of nitrogens with two attached hydrogens (primary N) is 1. The maximum absolute atomic E-state index is 12.3. The Morgan fingerprint density at radius 2 is 1.91 bits per heavy atom. The van der Waals surface area contributed by atoms with Crippen molar-refractivity contribution in [3.8, 4) is 5.75 Å². The first-order chi connectivity index (χ1) is 10.4. The molecule has 0 saturated carbocycles. The topological polar surface area (TPSA) is 55.6 Å². The van der Waals surface area contributed by atoms with Gasteiger partial charge in [0.2, 0.25) is 0 Å². The van der Waals surface area contributed by atoms with Crippen LogP contribution in [-0.4, -0.2) is 37.0 Å². The first-order valence-electron chi connectivity index (χ1n) is 8.12. The third kappa shape index (κ3) is 4.23. The van der Waals surface area contributed by atoms with Crippen LogP contribution in [0.5, 0.6) is 5.75 Å². The average molecular weight is 304 g/mol. The molecule has 2 rings (SSSR count). The van der Waals surface area contributed by atoms with Crippen LogP contribution in [0.2, 0.25) is 0 Å². The molecule has 4 nitrogen and oxygen atoms in total. The second-order valence-corrected chi connectivity index (χ2v) is 7.09. The third-order valence-electron chi connectivity index (χ3n) is 4.35. The van der Waals surface area contributed by atoms with Gasteiger partial charge in [0.25, 0.3) is 5.91 Å². The fraction of sp³-hybridized carbons (Fsp3) is 0.611. The summed E-state index contributed by atoms with van der Waals surface area (Å²) in [5, 5.41) is 0. The van der Waals surface area contributed by atoms with Gasteiger partial charge in [0.05, 0.1) is 0 Å². The van der Waals surface area contributed by atoms with Crippen molar-refractivity contribution in [3.63, 3.8) is 0 Å². The Bertz CT molecular complexity index is 500. The molecule has 1 heterocycles. The van der Waals surface area contributed by atoms with Crippen LogP contribution in [0.4, 0.5) is 0 Å². The van der Waals surface area contributed by atoms with E-state index in [9.17, 15) is 4.79 Å². The third-order valence-corrected chi connectivity index (χ3v) is 4.35. The molecule has 1 aliphatic rings. The van der Waals surface area contributed by atoms with Crippen molar-refractivity contribution in [2.24, 2.45) is 11.7 Å². The molecule has 122 valence electrons. The number of piperidine rings is 1. The molecule has 0 aliphatic carbocycles. The maximum atomic E-state index is 12.3. The van der Waals surface area contributed by atoms with Gasteiger partial charge in [-0.3, -0.25) is 4.79 Å². The lowest BCUT2D eigenvalue weighted by Crippen LogP contribution is -2.42. The van der Waals surface area contributed by atoms with Gasteiger partial charge in [-0.25, -0.2) is 0 Å². The molecule has 0 bridgehead atoms. The Labute approximate surface area is 133 Å². The van der Waals surface area contributed by atoms with E-state index in [4.69, 9.17) is 10.5 Å². The normalized spacial score (nSPS) is 16.6. The van der Waals surface area contributed by atoms with E-state index in [1.165, 1.54) is 0 Å². The lowest BCUT2D eigenvalue weighted by atomic mass is 9.86. The number of nitrogens with zero attached hydrogens (tertiary/aromatic N) is 1. The van der Waals surface area contributed by atoms with Gasteiger partial charge in [-0.05, 0) is 42.3 Å². The predicted molar refractivity (Wildman–Crippen MR) is 89.0 cm³/mol. The number of benzene rings is 1. The highest BCUT2D eigenvalue weighted by atomic mass is 16.5. The largest absolute Gasteiger partial charge is 0.483 e. The lowest BCUT2D eigenvalue weighted by Gasteiger charge is -2.31. The van der Waals surface area contributed by atoms with E-state index in [-0.39, 0.29) is 17.9 Å². The van der Waals surface area contributed by atoms with Gasteiger partial charge in [0, 0.05) is 13.1 Å². The summed E-state index contributed by atoms with van der Waals surface area (Å²) >= 11 is 0. The molecule has 0 aromatic heterocycles. The van der Waals surface area contributed by atoms with Gasteiger partial charge in [-0.1, -0.05) is 39.0 Å². The zero-order valence-electron chi connectivity index (χ0n) is 14.0. The van der Waals surface area contributed by atoms with Crippen molar-refractivity contribution in [1.82, 2.24) is 4.90 Å². The Kier molecular flexibility index (Phi) is 5.46. The van der Waals surface area contributed by atoms with Crippen molar-refractivity contribution < 1.29 is 9.53 Å². The predicted octanol–water partition coefficient (Wildman–Crippen LogP) is 2.56. The second-order valence-electron chi connectivity index (χ2n) is 7.09. The number of carbonyl (C=O) groups excluding carboxylic acids is 1. The molecule has 1 aromatic rings. The summed E-state index contributed by atoms with van der Waals surface area (Å²) in [7, 11) is 0. The smallest absolute Gasteiger partial charge is 0.260 e. The number of likely N-dealkylation sites (tertiary alicyclic amines) is 1. The van der Waals surface area contributed by atoms with Crippen LogP contribution >= 0.6 is 0 Å². The first-order valence-corrected chi connectivity index (χ1v) is 8.12. The van der Waals surface area contributed by atoms with E-state index in [1.807, 2.05) is 23.1 Å². The minimum Gasteiger partial charge on any atom is -0.483 e. The highest BCUT2D eigenvalue weighted by molar-refractivity contribution is 5.77. The number of hydrogen-bond acceptors (Lipinski definition) is 3.